The fraction of sp³-hybridized carbons (Fsp3) is 0.500. The van der Waals surface area contributed by atoms with Crippen LogP contribution in [0.25, 0.3) is 0 Å². The molecule has 0 heterocycles. The molecule has 0 amide bonds. The van der Waals surface area contributed by atoms with E-state index in [1.807, 2.05) is 12.1 Å². The van der Waals surface area contributed by atoms with E-state index < -0.39 is 0 Å². The molecule has 1 aromatic rings. The zero-order valence-electron chi connectivity index (χ0n) is 10.8. The van der Waals surface area contributed by atoms with Gasteiger partial charge in [0.25, 0.3) is 0 Å². The van der Waals surface area contributed by atoms with Crippen molar-refractivity contribution >= 4 is 27.7 Å². The number of nitrogens with zero attached hydrogens (tertiary/aromatic N) is 1. The van der Waals surface area contributed by atoms with Gasteiger partial charge in [0.15, 0.2) is 0 Å². The van der Waals surface area contributed by atoms with Crippen LogP contribution in [0.15, 0.2) is 22.7 Å². The predicted molar refractivity (Wildman–Crippen MR) is 81.0 cm³/mol. The van der Waals surface area contributed by atoms with Crippen molar-refractivity contribution < 1.29 is 4.74 Å². The monoisotopic (exact) mass is 327 g/mol. The predicted octanol–water partition coefficient (Wildman–Crippen LogP) is 4.95. The van der Waals surface area contributed by atoms with Gasteiger partial charge in [-0.15, -0.1) is 0 Å². The number of thiocyanates is 1. The molecule has 1 rings (SSSR count). The quantitative estimate of drug-likeness (QED) is 0.525. The Labute approximate surface area is 122 Å². The number of halogens is 1. The van der Waals surface area contributed by atoms with Gasteiger partial charge in [0, 0.05) is 10.2 Å². The van der Waals surface area contributed by atoms with E-state index in [1.54, 1.807) is 0 Å². The maximum Gasteiger partial charge on any atom is 0.133 e. The van der Waals surface area contributed by atoms with Crippen LogP contribution in [0.1, 0.15) is 38.2 Å². The standard InChI is InChI=1S/C14H18BrNOS/c1-3-7-17-14-5-4-12(15)9-13(14)11(2)6-8-18-10-16/h4-5,9,11H,3,6-8H2,1-2H3. The van der Waals surface area contributed by atoms with E-state index in [1.165, 1.54) is 17.3 Å². The van der Waals surface area contributed by atoms with Crippen molar-refractivity contribution in [3.63, 3.8) is 0 Å². The van der Waals surface area contributed by atoms with Crippen LogP contribution in [0, 0.1) is 10.7 Å². The van der Waals surface area contributed by atoms with Gasteiger partial charge in [-0.2, -0.15) is 5.26 Å². The Bertz CT molecular complexity index is 417. The summed E-state index contributed by atoms with van der Waals surface area (Å²) in [6.07, 6.45) is 1.99. The molecule has 1 unspecified atom stereocenters. The van der Waals surface area contributed by atoms with Crippen LogP contribution in [0.3, 0.4) is 0 Å². The molecule has 0 aromatic heterocycles. The van der Waals surface area contributed by atoms with Gasteiger partial charge in [0.2, 0.25) is 0 Å². The highest BCUT2D eigenvalue weighted by Gasteiger charge is 2.12. The normalized spacial score (nSPS) is 11.9. The number of hydrogen-bond donors (Lipinski definition) is 0. The van der Waals surface area contributed by atoms with E-state index in [9.17, 15) is 0 Å². The first-order valence-corrected chi connectivity index (χ1v) is 7.90. The van der Waals surface area contributed by atoms with Crippen molar-refractivity contribution in [1.29, 1.82) is 5.26 Å². The van der Waals surface area contributed by atoms with Crippen LogP contribution >= 0.6 is 27.7 Å². The summed E-state index contributed by atoms with van der Waals surface area (Å²) in [5.41, 5.74) is 1.22. The molecule has 1 aromatic carbocycles. The zero-order valence-corrected chi connectivity index (χ0v) is 13.2. The summed E-state index contributed by atoms with van der Waals surface area (Å²) < 4.78 is 6.85. The second-order valence-corrected chi connectivity index (χ2v) is 5.96. The summed E-state index contributed by atoms with van der Waals surface area (Å²) in [4.78, 5) is 0. The third kappa shape index (κ3) is 4.91. The van der Waals surface area contributed by atoms with Crippen LogP contribution in [0.2, 0.25) is 0 Å². The van der Waals surface area contributed by atoms with E-state index in [2.05, 4.69) is 41.2 Å². The smallest absolute Gasteiger partial charge is 0.133 e. The summed E-state index contributed by atoms with van der Waals surface area (Å²) in [5.74, 6) is 2.22. The van der Waals surface area contributed by atoms with Crippen LogP contribution in [0.5, 0.6) is 5.75 Å². The minimum atomic E-state index is 0.398. The molecule has 0 saturated carbocycles. The number of ether oxygens (including phenoxy) is 1. The zero-order chi connectivity index (χ0) is 13.4. The average Bonchev–Trinajstić information content (AvgIpc) is 2.37. The van der Waals surface area contributed by atoms with Crippen molar-refractivity contribution in [1.82, 2.24) is 0 Å². The van der Waals surface area contributed by atoms with Gasteiger partial charge in [0.05, 0.1) is 6.61 Å². The van der Waals surface area contributed by atoms with Crippen molar-refractivity contribution in [3.05, 3.63) is 28.2 Å². The molecule has 0 aliphatic rings. The van der Waals surface area contributed by atoms with Crippen molar-refractivity contribution in [2.45, 2.75) is 32.6 Å². The third-order valence-electron chi connectivity index (χ3n) is 2.68. The van der Waals surface area contributed by atoms with E-state index >= 15 is 0 Å². The van der Waals surface area contributed by atoms with E-state index in [0.717, 1.165) is 35.4 Å². The molecule has 98 valence electrons. The topological polar surface area (TPSA) is 33.0 Å². The van der Waals surface area contributed by atoms with E-state index in [-0.39, 0.29) is 0 Å². The lowest BCUT2D eigenvalue weighted by atomic mass is 9.98. The van der Waals surface area contributed by atoms with E-state index in [4.69, 9.17) is 10.00 Å². The maximum atomic E-state index is 8.55. The highest BCUT2D eigenvalue weighted by Crippen LogP contribution is 2.32. The molecular formula is C14H18BrNOS. The second-order valence-electron chi connectivity index (χ2n) is 4.16. The fourth-order valence-corrected chi connectivity index (χ4v) is 2.63. The second kappa shape index (κ2) is 8.44. The highest BCUT2D eigenvalue weighted by atomic mass is 79.9. The molecule has 0 N–H and O–H groups in total. The minimum absolute atomic E-state index is 0.398. The minimum Gasteiger partial charge on any atom is -0.493 e. The molecular weight excluding hydrogens is 310 g/mol. The summed E-state index contributed by atoms with van der Waals surface area (Å²) in [7, 11) is 0. The summed E-state index contributed by atoms with van der Waals surface area (Å²) in [5, 5.41) is 10.7. The summed E-state index contributed by atoms with van der Waals surface area (Å²) >= 11 is 4.81. The van der Waals surface area contributed by atoms with Crippen LogP contribution in [0.4, 0.5) is 0 Å². The molecule has 0 radical (unpaired) electrons. The molecule has 0 aliphatic carbocycles. The Balaban J connectivity index is 2.77. The first-order chi connectivity index (χ1) is 8.69. The van der Waals surface area contributed by atoms with Crippen molar-refractivity contribution in [3.8, 4) is 11.2 Å². The van der Waals surface area contributed by atoms with Gasteiger partial charge in [-0.05, 0) is 54.3 Å². The Morgan fingerprint density at radius 2 is 2.28 bits per heavy atom. The number of benzene rings is 1. The van der Waals surface area contributed by atoms with Gasteiger partial charge >= 0.3 is 0 Å². The summed E-state index contributed by atoms with van der Waals surface area (Å²) in [6.45, 7) is 5.03. The molecule has 0 bridgehead atoms. The number of rotatable bonds is 7. The molecule has 4 heteroatoms. The molecule has 0 saturated heterocycles. The number of hydrogen-bond acceptors (Lipinski definition) is 3. The first-order valence-electron chi connectivity index (χ1n) is 6.12. The van der Waals surface area contributed by atoms with Crippen LogP contribution < -0.4 is 4.74 Å². The molecule has 0 fully saturated rings. The van der Waals surface area contributed by atoms with Crippen LogP contribution in [-0.2, 0) is 0 Å². The summed E-state index contributed by atoms with van der Waals surface area (Å²) in [6, 6.07) is 6.14. The van der Waals surface area contributed by atoms with Crippen molar-refractivity contribution in [2.24, 2.45) is 0 Å². The Morgan fingerprint density at radius 1 is 1.50 bits per heavy atom. The van der Waals surface area contributed by atoms with Gasteiger partial charge in [0.1, 0.15) is 11.2 Å². The van der Waals surface area contributed by atoms with Gasteiger partial charge in [-0.3, -0.25) is 0 Å². The molecule has 0 aliphatic heterocycles. The first kappa shape index (κ1) is 15.4. The molecule has 0 spiro atoms. The van der Waals surface area contributed by atoms with Gasteiger partial charge < -0.3 is 4.74 Å². The fourth-order valence-electron chi connectivity index (χ4n) is 1.68. The Hall–Kier alpha value is -0.660. The Kier molecular flexibility index (Phi) is 7.22. The number of nitriles is 1. The van der Waals surface area contributed by atoms with Gasteiger partial charge in [-0.1, -0.05) is 29.8 Å². The highest BCUT2D eigenvalue weighted by molar-refractivity contribution is 9.10. The SMILES string of the molecule is CCCOc1ccc(Br)cc1C(C)CCSC#N. The lowest BCUT2D eigenvalue weighted by molar-refractivity contribution is 0.312. The average molecular weight is 328 g/mol. The lowest BCUT2D eigenvalue weighted by Crippen LogP contribution is -2.02. The molecule has 18 heavy (non-hydrogen) atoms. The number of thioether (sulfide) groups is 1. The van der Waals surface area contributed by atoms with Crippen molar-refractivity contribution in [2.75, 3.05) is 12.4 Å². The third-order valence-corrected chi connectivity index (χ3v) is 3.74. The largest absolute Gasteiger partial charge is 0.493 e. The van der Waals surface area contributed by atoms with E-state index in [0.29, 0.717) is 5.92 Å². The lowest BCUT2D eigenvalue weighted by Gasteiger charge is -2.16. The van der Waals surface area contributed by atoms with Crippen LogP contribution in [-0.4, -0.2) is 12.4 Å². The maximum absolute atomic E-state index is 8.55. The molecule has 1 atom stereocenters. The van der Waals surface area contributed by atoms with Gasteiger partial charge in [-0.25, -0.2) is 0 Å². The molecule has 2 nitrogen and oxygen atoms in total. The Morgan fingerprint density at radius 3 is 2.94 bits per heavy atom.